The first-order valence-corrected chi connectivity index (χ1v) is 12.8. The van der Waals surface area contributed by atoms with Gasteiger partial charge in [-0.15, -0.1) is 0 Å². The minimum atomic E-state index is -0.941. The first-order valence-electron chi connectivity index (χ1n) is 11.4. The molecule has 0 aliphatic rings. The van der Waals surface area contributed by atoms with Gasteiger partial charge in [0.25, 0.3) is 0 Å². The number of ether oxygens (including phenoxy) is 1. The second-order valence-electron chi connectivity index (χ2n) is 8.75. The van der Waals surface area contributed by atoms with E-state index in [1.807, 2.05) is 13.2 Å². The zero-order valence-electron chi connectivity index (χ0n) is 20.6. The fraction of sp³-hybridized carbons (Fsp3) is 0.625. The highest BCUT2D eigenvalue weighted by molar-refractivity contribution is 7.98. The van der Waals surface area contributed by atoms with Gasteiger partial charge in [0.1, 0.15) is 23.4 Å². The zero-order valence-corrected chi connectivity index (χ0v) is 21.5. The predicted molar refractivity (Wildman–Crippen MR) is 132 cm³/mol. The van der Waals surface area contributed by atoms with Crippen molar-refractivity contribution in [2.75, 3.05) is 25.1 Å². The SMILES string of the molecule is CCCCNC(=O)C(c1cccc(O)c1)N(CC)C(=O)C(CCSC)NC(=O)OC(C)(C)C. The molecule has 8 nitrogen and oxygen atoms in total. The third-order valence-corrected chi connectivity index (χ3v) is 5.44. The number of phenolic OH excluding ortho intramolecular Hbond substituents is 1. The van der Waals surface area contributed by atoms with Crippen molar-refractivity contribution in [3.8, 4) is 5.75 Å². The number of aromatic hydroxyl groups is 1. The lowest BCUT2D eigenvalue weighted by molar-refractivity contribution is -0.142. The minimum Gasteiger partial charge on any atom is -0.508 e. The smallest absolute Gasteiger partial charge is 0.408 e. The second kappa shape index (κ2) is 14.0. The van der Waals surface area contributed by atoms with Crippen LogP contribution in [0.15, 0.2) is 24.3 Å². The van der Waals surface area contributed by atoms with E-state index in [1.165, 1.54) is 17.0 Å². The van der Waals surface area contributed by atoms with Gasteiger partial charge in [-0.3, -0.25) is 9.59 Å². The molecule has 0 aliphatic heterocycles. The first-order chi connectivity index (χ1) is 15.5. The Kier molecular flexibility index (Phi) is 12.1. The Labute approximate surface area is 201 Å². The van der Waals surface area contributed by atoms with Crippen molar-refractivity contribution >= 4 is 29.7 Å². The number of benzene rings is 1. The van der Waals surface area contributed by atoms with Crippen molar-refractivity contribution in [2.24, 2.45) is 0 Å². The van der Waals surface area contributed by atoms with Gasteiger partial charge in [0.15, 0.2) is 0 Å². The number of carbonyl (C=O) groups is 3. The number of nitrogens with one attached hydrogen (secondary N) is 2. The number of nitrogens with zero attached hydrogens (tertiary/aromatic N) is 1. The van der Waals surface area contributed by atoms with E-state index in [0.29, 0.717) is 24.3 Å². The Morgan fingerprint density at radius 3 is 2.45 bits per heavy atom. The van der Waals surface area contributed by atoms with E-state index in [-0.39, 0.29) is 24.1 Å². The maximum absolute atomic E-state index is 13.6. The van der Waals surface area contributed by atoms with Gasteiger partial charge in [-0.2, -0.15) is 11.8 Å². The molecule has 186 valence electrons. The van der Waals surface area contributed by atoms with Crippen LogP contribution >= 0.6 is 11.8 Å². The molecular weight excluding hydrogens is 442 g/mol. The van der Waals surface area contributed by atoms with Gasteiger partial charge in [0.2, 0.25) is 11.8 Å². The average Bonchev–Trinajstić information content (AvgIpc) is 2.73. The lowest BCUT2D eigenvalue weighted by Gasteiger charge is -2.33. The van der Waals surface area contributed by atoms with Gasteiger partial charge in [0.05, 0.1) is 0 Å². The molecule has 0 saturated heterocycles. The largest absolute Gasteiger partial charge is 0.508 e. The molecule has 2 unspecified atom stereocenters. The summed E-state index contributed by atoms with van der Waals surface area (Å²) in [6, 6.07) is 4.55. The number of amides is 3. The molecule has 0 saturated carbocycles. The lowest BCUT2D eigenvalue weighted by atomic mass is 10.0. The number of rotatable bonds is 12. The Hall–Kier alpha value is -2.42. The predicted octanol–water partition coefficient (Wildman–Crippen LogP) is 3.84. The number of carbonyl (C=O) groups excluding carboxylic acids is 3. The molecule has 3 N–H and O–H groups in total. The number of phenols is 1. The van der Waals surface area contributed by atoms with E-state index in [0.717, 1.165) is 12.8 Å². The number of unbranched alkanes of at least 4 members (excludes halogenated alkanes) is 1. The van der Waals surface area contributed by atoms with Crippen LogP contribution in [-0.4, -0.2) is 64.7 Å². The van der Waals surface area contributed by atoms with Crippen molar-refractivity contribution < 1.29 is 24.2 Å². The highest BCUT2D eigenvalue weighted by Gasteiger charge is 2.35. The summed E-state index contributed by atoms with van der Waals surface area (Å²) < 4.78 is 5.35. The van der Waals surface area contributed by atoms with Crippen molar-refractivity contribution in [3.05, 3.63) is 29.8 Å². The summed E-state index contributed by atoms with van der Waals surface area (Å²) in [5.41, 5.74) is -0.203. The van der Waals surface area contributed by atoms with Crippen molar-refractivity contribution in [2.45, 2.75) is 71.6 Å². The third kappa shape index (κ3) is 9.94. The molecule has 0 fully saturated rings. The quantitative estimate of drug-likeness (QED) is 0.392. The number of alkyl carbamates (subject to hydrolysis) is 1. The molecule has 0 spiro atoms. The van der Waals surface area contributed by atoms with E-state index >= 15 is 0 Å². The molecule has 1 aromatic rings. The van der Waals surface area contributed by atoms with Crippen LogP contribution in [0.5, 0.6) is 5.75 Å². The molecule has 1 aromatic carbocycles. The third-order valence-electron chi connectivity index (χ3n) is 4.80. The number of hydrogen-bond donors (Lipinski definition) is 3. The summed E-state index contributed by atoms with van der Waals surface area (Å²) in [4.78, 5) is 40.7. The molecule has 2 atom stereocenters. The van der Waals surface area contributed by atoms with Crippen molar-refractivity contribution in [3.63, 3.8) is 0 Å². The van der Waals surface area contributed by atoms with E-state index in [1.54, 1.807) is 51.6 Å². The van der Waals surface area contributed by atoms with Crippen LogP contribution in [0.25, 0.3) is 0 Å². The second-order valence-corrected chi connectivity index (χ2v) is 9.73. The van der Waals surface area contributed by atoms with Crippen LogP contribution in [0.2, 0.25) is 0 Å². The normalized spacial score (nSPS) is 13.0. The maximum atomic E-state index is 13.6. The summed E-state index contributed by atoms with van der Waals surface area (Å²) >= 11 is 1.56. The molecule has 0 radical (unpaired) electrons. The molecule has 0 bridgehead atoms. The van der Waals surface area contributed by atoms with Crippen LogP contribution in [0.3, 0.4) is 0 Å². The molecule has 0 aromatic heterocycles. The number of thioether (sulfide) groups is 1. The summed E-state index contributed by atoms with van der Waals surface area (Å²) in [6.07, 6.45) is 3.36. The fourth-order valence-electron chi connectivity index (χ4n) is 3.26. The van der Waals surface area contributed by atoms with Gasteiger partial charge in [-0.1, -0.05) is 25.5 Å². The van der Waals surface area contributed by atoms with E-state index in [2.05, 4.69) is 10.6 Å². The molecule has 9 heteroatoms. The van der Waals surface area contributed by atoms with E-state index in [9.17, 15) is 19.5 Å². The molecular formula is C24H39N3O5S. The van der Waals surface area contributed by atoms with Crippen LogP contribution in [0.1, 0.15) is 65.5 Å². The van der Waals surface area contributed by atoms with Crippen molar-refractivity contribution in [1.82, 2.24) is 15.5 Å². The Morgan fingerprint density at radius 2 is 1.91 bits per heavy atom. The van der Waals surface area contributed by atoms with Gasteiger partial charge in [-0.25, -0.2) is 4.79 Å². The van der Waals surface area contributed by atoms with E-state index < -0.39 is 23.8 Å². The van der Waals surface area contributed by atoms with Crippen LogP contribution < -0.4 is 10.6 Å². The van der Waals surface area contributed by atoms with Crippen LogP contribution in [-0.2, 0) is 14.3 Å². The zero-order chi connectivity index (χ0) is 25.0. The molecule has 3 amide bonds. The summed E-state index contributed by atoms with van der Waals surface area (Å²) in [7, 11) is 0. The average molecular weight is 482 g/mol. The number of likely N-dealkylation sites (N-methyl/N-ethyl adjacent to an activating group) is 1. The minimum absolute atomic E-state index is 0.00757. The van der Waals surface area contributed by atoms with E-state index in [4.69, 9.17) is 4.74 Å². The summed E-state index contributed by atoms with van der Waals surface area (Å²) in [5.74, 6) is -0.0572. The molecule has 0 heterocycles. The Balaban J connectivity index is 3.26. The summed E-state index contributed by atoms with van der Waals surface area (Å²) in [6.45, 7) is 9.80. The Morgan fingerprint density at radius 1 is 1.21 bits per heavy atom. The first kappa shape index (κ1) is 28.6. The van der Waals surface area contributed by atoms with Crippen molar-refractivity contribution in [1.29, 1.82) is 0 Å². The fourth-order valence-corrected chi connectivity index (χ4v) is 3.73. The summed E-state index contributed by atoms with van der Waals surface area (Å²) in [5, 5.41) is 15.6. The highest BCUT2D eigenvalue weighted by Crippen LogP contribution is 2.26. The van der Waals surface area contributed by atoms with Gasteiger partial charge < -0.3 is 25.4 Å². The Bertz CT molecular complexity index is 782. The highest BCUT2D eigenvalue weighted by atomic mass is 32.2. The van der Waals surface area contributed by atoms with Gasteiger partial charge in [-0.05, 0) is 70.2 Å². The molecule has 0 aliphatic carbocycles. The monoisotopic (exact) mass is 481 g/mol. The maximum Gasteiger partial charge on any atom is 0.408 e. The lowest BCUT2D eigenvalue weighted by Crippen LogP contribution is -2.53. The standard InChI is InChI=1S/C24H39N3O5S/c1-7-9-14-25-21(29)20(17-11-10-12-18(28)16-17)27(8-2)22(30)19(13-15-33-6)26-23(31)32-24(3,4)5/h10-12,16,19-20,28H,7-9,13-15H2,1-6H3,(H,25,29)(H,26,31). The number of hydrogen-bond acceptors (Lipinski definition) is 6. The van der Waals surface area contributed by atoms with Gasteiger partial charge in [0, 0.05) is 13.1 Å². The van der Waals surface area contributed by atoms with Crippen LogP contribution in [0, 0.1) is 0 Å². The molecule has 1 rings (SSSR count). The van der Waals surface area contributed by atoms with Gasteiger partial charge >= 0.3 is 6.09 Å². The topological polar surface area (TPSA) is 108 Å². The molecule has 33 heavy (non-hydrogen) atoms. The van der Waals surface area contributed by atoms with Crippen LogP contribution in [0.4, 0.5) is 4.79 Å².